The van der Waals surface area contributed by atoms with Crippen molar-refractivity contribution in [3.63, 3.8) is 0 Å². The molecule has 0 radical (unpaired) electrons. The molecule has 6 heteroatoms. The van der Waals surface area contributed by atoms with Crippen molar-refractivity contribution in [1.82, 2.24) is 0 Å². The zero-order valence-corrected chi connectivity index (χ0v) is 25.9. The highest BCUT2D eigenvalue weighted by Crippen LogP contribution is 2.45. The lowest BCUT2D eigenvalue weighted by Crippen LogP contribution is -2.25. The average molecular weight is 589 g/mol. The number of methoxy groups -OCH3 is 1. The van der Waals surface area contributed by atoms with E-state index in [-0.39, 0.29) is 23.2 Å². The minimum absolute atomic E-state index is 0.00492. The third kappa shape index (κ3) is 5.11. The van der Waals surface area contributed by atoms with Crippen LogP contribution in [0.5, 0.6) is 11.5 Å². The van der Waals surface area contributed by atoms with E-state index in [2.05, 4.69) is 32.9 Å². The zero-order valence-electron chi connectivity index (χ0n) is 25.9. The van der Waals surface area contributed by atoms with Gasteiger partial charge in [-0.25, -0.2) is 4.79 Å². The summed E-state index contributed by atoms with van der Waals surface area (Å²) in [4.78, 5) is 13.5. The van der Waals surface area contributed by atoms with Gasteiger partial charge in [0.15, 0.2) is 11.2 Å². The molecule has 1 unspecified atom stereocenters. The van der Waals surface area contributed by atoms with Crippen LogP contribution in [0.25, 0.3) is 34.2 Å². The van der Waals surface area contributed by atoms with Crippen molar-refractivity contribution in [2.45, 2.75) is 46.0 Å². The van der Waals surface area contributed by atoms with Crippen LogP contribution in [-0.4, -0.2) is 24.8 Å². The Labute approximate surface area is 256 Å². The largest absolute Gasteiger partial charge is 0.504 e. The minimum Gasteiger partial charge on any atom is -0.504 e. The van der Waals surface area contributed by atoms with Crippen molar-refractivity contribution in [2.24, 2.45) is 0 Å². The zero-order chi connectivity index (χ0) is 31.2. The Morgan fingerprint density at radius 2 is 1.77 bits per heavy atom. The summed E-state index contributed by atoms with van der Waals surface area (Å²) in [5, 5.41) is 13.6. The van der Waals surface area contributed by atoms with Gasteiger partial charge in [-0.15, -0.1) is 0 Å². The molecule has 0 saturated heterocycles. The van der Waals surface area contributed by atoms with Gasteiger partial charge in [-0.3, -0.25) is 0 Å². The summed E-state index contributed by atoms with van der Waals surface area (Å²) >= 11 is 0. The SMILES string of the molecule is CCOC(=O)C1=C(C)C=c2oc(=Cc3ccc(-c4cccc(C(C)(C)C)c4)o3)c(O)c2C1c1c(OC)ccc2ccccc12. The van der Waals surface area contributed by atoms with E-state index in [9.17, 15) is 9.90 Å². The predicted molar refractivity (Wildman–Crippen MR) is 172 cm³/mol. The monoisotopic (exact) mass is 588 g/mol. The molecule has 0 fully saturated rings. The van der Waals surface area contributed by atoms with E-state index in [4.69, 9.17) is 18.3 Å². The van der Waals surface area contributed by atoms with Crippen LogP contribution in [-0.2, 0) is 14.9 Å². The van der Waals surface area contributed by atoms with Crippen LogP contribution in [0.4, 0.5) is 0 Å². The van der Waals surface area contributed by atoms with Crippen molar-refractivity contribution >= 4 is 28.9 Å². The number of carbonyl (C=O) groups is 1. The molecule has 0 bridgehead atoms. The lowest BCUT2D eigenvalue weighted by molar-refractivity contribution is -0.138. The molecule has 2 heterocycles. The second-order valence-electron chi connectivity index (χ2n) is 12.1. The third-order valence-electron chi connectivity index (χ3n) is 8.17. The number of aromatic hydroxyl groups is 1. The first-order chi connectivity index (χ1) is 21.1. The van der Waals surface area contributed by atoms with Gasteiger partial charge in [0.25, 0.3) is 0 Å². The molecule has 2 aromatic heterocycles. The molecule has 6 rings (SSSR count). The highest BCUT2D eigenvalue weighted by Gasteiger charge is 2.37. The molecular formula is C38H36O6. The summed E-state index contributed by atoms with van der Waals surface area (Å²) in [6.07, 6.45) is 3.45. The van der Waals surface area contributed by atoms with Gasteiger partial charge in [-0.05, 0) is 71.5 Å². The fourth-order valence-electron chi connectivity index (χ4n) is 5.98. The van der Waals surface area contributed by atoms with Gasteiger partial charge in [-0.1, -0.05) is 69.3 Å². The Kier molecular flexibility index (Phi) is 7.46. The molecule has 1 aliphatic carbocycles. The number of hydrogen-bond donors (Lipinski definition) is 1. The van der Waals surface area contributed by atoms with Gasteiger partial charge < -0.3 is 23.4 Å². The molecule has 44 heavy (non-hydrogen) atoms. The van der Waals surface area contributed by atoms with Gasteiger partial charge in [-0.2, -0.15) is 0 Å². The molecule has 0 spiro atoms. The van der Waals surface area contributed by atoms with E-state index in [0.29, 0.717) is 39.4 Å². The van der Waals surface area contributed by atoms with E-state index in [1.165, 1.54) is 5.56 Å². The van der Waals surface area contributed by atoms with E-state index < -0.39 is 11.9 Å². The Balaban J connectivity index is 1.53. The maximum absolute atomic E-state index is 13.5. The Hall–Kier alpha value is -4.97. The van der Waals surface area contributed by atoms with Crippen LogP contribution in [0, 0.1) is 0 Å². The molecule has 0 amide bonds. The summed E-state index contributed by atoms with van der Waals surface area (Å²) in [6, 6.07) is 23.8. The first kappa shape index (κ1) is 29.1. The van der Waals surface area contributed by atoms with Crippen LogP contribution < -0.4 is 15.6 Å². The van der Waals surface area contributed by atoms with Gasteiger partial charge in [0, 0.05) is 17.2 Å². The number of carbonyl (C=O) groups excluding carboxylic acids is 1. The van der Waals surface area contributed by atoms with Crippen molar-refractivity contribution in [3.8, 4) is 22.8 Å². The third-order valence-corrected chi connectivity index (χ3v) is 8.17. The number of ether oxygens (including phenoxy) is 2. The average Bonchev–Trinajstić information content (AvgIpc) is 3.59. The number of benzene rings is 3. The summed E-state index contributed by atoms with van der Waals surface area (Å²) in [7, 11) is 1.60. The van der Waals surface area contributed by atoms with Crippen LogP contribution >= 0.6 is 0 Å². The molecule has 1 atom stereocenters. The van der Waals surface area contributed by atoms with Crippen molar-refractivity contribution in [2.75, 3.05) is 13.7 Å². The van der Waals surface area contributed by atoms with E-state index in [0.717, 1.165) is 21.9 Å². The second-order valence-corrected chi connectivity index (χ2v) is 12.1. The molecule has 1 aliphatic rings. The molecule has 224 valence electrons. The van der Waals surface area contributed by atoms with Crippen LogP contribution in [0.15, 0.2) is 92.8 Å². The lowest BCUT2D eigenvalue weighted by atomic mass is 9.78. The molecule has 3 aromatic carbocycles. The molecular weight excluding hydrogens is 552 g/mol. The van der Waals surface area contributed by atoms with Crippen molar-refractivity contribution < 1.29 is 28.2 Å². The summed E-state index contributed by atoms with van der Waals surface area (Å²) in [5.74, 6) is 0.607. The maximum Gasteiger partial charge on any atom is 0.335 e. The van der Waals surface area contributed by atoms with Gasteiger partial charge in [0.1, 0.15) is 22.7 Å². The van der Waals surface area contributed by atoms with E-state index in [1.54, 1.807) is 26.2 Å². The van der Waals surface area contributed by atoms with Crippen LogP contribution in [0.1, 0.15) is 63.0 Å². The summed E-state index contributed by atoms with van der Waals surface area (Å²) in [5.41, 5.74) is 5.22. The fraction of sp³-hybridized carbons (Fsp3) is 0.237. The van der Waals surface area contributed by atoms with E-state index in [1.807, 2.05) is 67.6 Å². The topological polar surface area (TPSA) is 82.0 Å². The Bertz CT molecular complexity index is 2050. The van der Waals surface area contributed by atoms with Crippen LogP contribution in [0.2, 0.25) is 0 Å². The van der Waals surface area contributed by atoms with Crippen molar-refractivity contribution in [1.29, 1.82) is 0 Å². The normalized spacial score (nSPS) is 15.3. The Morgan fingerprint density at radius 3 is 2.52 bits per heavy atom. The first-order valence-corrected chi connectivity index (χ1v) is 14.8. The number of esters is 1. The first-order valence-electron chi connectivity index (χ1n) is 14.8. The number of rotatable bonds is 6. The number of furan rings is 2. The van der Waals surface area contributed by atoms with Gasteiger partial charge in [0.05, 0.1) is 30.8 Å². The second kappa shape index (κ2) is 11.3. The van der Waals surface area contributed by atoms with Crippen molar-refractivity contribution in [3.05, 3.63) is 117 Å². The predicted octanol–water partition coefficient (Wildman–Crippen LogP) is 7.34. The number of hydrogen-bond acceptors (Lipinski definition) is 6. The molecule has 0 saturated carbocycles. The maximum atomic E-state index is 13.5. The summed E-state index contributed by atoms with van der Waals surface area (Å²) in [6.45, 7) is 10.4. The highest BCUT2D eigenvalue weighted by atomic mass is 16.5. The lowest BCUT2D eigenvalue weighted by Gasteiger charge is -2.26. The van der Waals surface area contributed by atoms with Crippen LogP contribution in [0.3, 0.4) is 0 Å². The summed E-state index contributed by atoms with van der Waals surface area (Å²) < 4.78 is 23.8. The minimum atomic E-state index is -0.701. The van der Waals surface area contributed by atoms with Gasteiger partial charge in [0.2, 0.25) is 0 Å². The quantitative estimate of drug-likeness (QED) is 0.209. The van der Waals surface area contributed by atoms with Gasteiger partial charge >= 0.3 is 5.97 Å². The smallest absolute Gasteiger partial charge is 0.335 e. The highest BCUT2D eigenvalue weighted by molar-refractivity contribution is 5.98. The standard InChI is InChI=1S/C38H36O6/c1-7-42-37(40)32-22(2)19-30-34(35(32)33-27-14-9-8-11-23(27)15-17-29(33)41-6)36(39)31(44-30)21-26-16-18-28(43-26)24-12-10-13-25(20-24)38(3,4)5/h8-21,35,39H,7H2,1-6H3. The number of fused-ring (bicyclic) bond motifs is 2. The fourth-order valence-corrected chi connectivity index (χ4v) is 5.98. The molecule has 6 nitrogen and oxygen atoms in total. The molecule has 1 N–H and O–H groups in total. The Morgan fingerprint density at radius 1 is 0.977 bits per heavy atom. The molecule has 0 aliphatic heterocycles. The number of allylic oxidation sites excluding steroid dienone is 1. The molecule has 5 aromatic rings. The van der Waals surface area contributed by atoms with E-state index >= 15 is 0 Å².